The van der Waals surface area contributed by atoms with E-state index in [-0.39, 0.29) is 30.1 Å². The highest BCUT2D eigenvalue weighted by molar-refractivity contribution is 7.14. The first-order valence-corrected chi connectivity index (χ1v) is 12.5. The van der Waals surface area contributed by atoms with E-state index in [4.69, 9.17) is 9.47 Å². The zero-order valence-electron chi connectivity index (χ0n) is 19.6. The van der Waals surface area contributed by atoms with Crippen LogP contribution in [-0.2, 0) is 19.7 Å². The number of ether oxygens (including phenoxy) is 2. The quantitative estimate of drug-likeness (QED) is 0.381. The Kier molecular flexibility index (Phi) is 6.54. The van der Waals surface area contributed by atoms with Gasteiger partial charge in [-0.25, -0.2) is 4.79 Å². The summed E-state index contributed by atoms with van der Waals surface area (Å²) in [6.45, 7) is 6.78. The molecule has 6 nitrogen and oxygen atoms in total. The van der Waals surface area contributed by atoms with Gasteiger partial charge in [-0.1, -0.05) is 25.5 Å². The van der Waals surface area contributed by atoms with Crippen LogP contribution < -0.4 is 4.90 Å². The molecule has 0 unspecified atom stereocenters. The number of anilines is 1. The van der Waals surface area contributed by atoms with E-state index < -0.39 is 11.4 Å². The van der Waals surface area contributed by atoms with Crippen LogP contribution in [0.25, 0.3) is 0 Å². The lowest BCUT2D eigenvalue weighted by Crippen LogP contribution is -2.47. The van der Waals surface area contributed by atoms with Gasteiger partial charge in [-0.2, -0.15) is 0 Å². The van der Waals surface area contributed by atoms with E-state index in [1.165, 1.54) is 24.0 Å². The highest BCUT2D eigenvalue weighted by Crippen LogP contribution is 2.46. The van der Waals surface area contributed by atoms with Crippen molar-refractivity contribution in [2.45, 2.75) is 82.8 Å². The number of hydrogen-bond donors (Lipinski definition) is 1. The summed E-state index contributed by atoms with van der Waals surface area (Å²) in [6.07, 6.45) is 8.30. The molecule has 1 aromatic heterocycles. The number of allylic oxidation sites excluding steroid dienone is 2. The van der Waals surface area contributed by atoms with Crippen molar-refractivity contribution in [3.8, 4) is 0 Å². The van der Waals surface area contributed by atoms with Crippen molar-refractivity contribution in [3.63, 3.8) is 0 Å². The lowest BCUT2D eigenvalue weighted by molar-refractivity contribution is -0.123. The molecular formula is C25H35NO5S. The molecule has 0 aromatic carbocycles. The predicted molar refractivity (Wildman–Crippen MR) is 125 cm³/mol. The summed E-state index contributed by atoms with van der Waals surface area (Å²) in [5, 5.41) is 9.92. The van der Waals surface area contributed by atoms with E-state index in [0.717, 1.165) is 56.4 Å². The van der Waals surface area contributed by atoms with Gasteiger partial charge in [0.25, 0.3) is 0 Å². The third-order valence-electron chi connectivity index (χ3n) is 7.41. The number of aliphatic hydroxyl groups excluding tert-OH is 1. The SMILES string of the molecule is COC(=O)c1sc(C(C)(C)CO)cc1N(C(=O)[C@H]1CC=C(C)CC1)[C@H]1CC[C@@]2(CC1)CO2. The number of nitrogens with zero attached hydrogens (tertiary/aromatic N) is 1. The first-order chi connectivity index (χ1) is 15.2. The van der Waals surface area contributed by atoms with Gasteiger partial charge in [-0.3, -0.25) is 4.79 Å². The summed E-state index contributed by atoms with van der Waals surface area (Å²) >= 11 is 1.33. The molecule has 7 heteroatoms. The van der Waals surface area contributed by atoms with Crippen molar-refractivity contribution in [1.29, 1.82) is 0 Å². The van der Waals surface area contributed by atoms with Gasteiger partial charge < -0.3 is 19.5 Å². The average Bonchev–Trinajstić information content (AvgIpc) is 3.40. The molecule has 0 bridgehead atoms. The molecule has 4 rings (SSSR count). The van der Waals surface area contributed by atoms with Gasteiger partial charge in [0.05, 0.1) is 31.6 Å². The molecule has 0 radical (unpaired) electrons. The summed E-state index contributed by atoms with van der Waals surface area (Å²) in [5.74, 6) is -0.408. The Balaban J connectivity index is 1.73. The number of esters is 1. The van der Waals surface area contributed by atoms with E-state index in [1.807, 2.05) is 24.8 Å². The van der Waals surface area contributed by atoms with E-state index in [0.29, 0.717) is 10.6 Å². The minimum atomic E-state index is -0.510. The molecule has 2 fully saturated rings. The molecule has 1 aliphatic heterocycles. The normalized spacial score (nSPS) is 27.7. The minimum Gasteiger partial charge on any atom is -0.465 e. The summed E-state index contributed by atoms with van der Waals surface area (Å²) < 4.78 is 10.8. The second-order valence-corrected chi connectivity index (χ2v) is 11.3. The fourth-order valence-corrected chi connectivity index (χ4v) is 6.03. The Morgan fingerprint density at radius 2 is 2.00 bits per heavy atom. The maximum absolute atomic E-state index is 13.9. The van der Waals surface area contributed by atoms with Gasteiger partial charge in [0.15, 0.2) is 0 Å². The molecule has 1 saturated carbocycles. The maximum atomic E-state index is 13.9. The van der Waals surface area contributed by atoms with Crippen LogP contribution >= 0.6 is 11.3 Å². The zero-order valence-corrected chi connectivity index (χ0v) is 20.4. The summed E-state index contributed by atoms with van der Waals surface area (Å²) in [4.78, 5) is 29.9. The monoisotopic (exact) mass is 461 g/mol. The smallest absolute Gasteiger partial charge is 0.350 e. The Morgan fingerprint density at radius 1 is 1.31 bits per heavy atom. The standard InChI is InChI=1S/C25H35NO5S/c1-16-5-7-17(8-6-16)22(28)26(18-9-11-25(12-10-18)15-31-25)19-13-20(24(2,3)14-27)32-21(19)23(29)30-4/h5,13,17-18,27H,6-12,14-15H2,1-4H3/t17-,18-,25+/m0/s1. The lowest BCUT2D eigenvalue weighted by Gasteiger charge is -2.38. The molecular weight excluding hydrogens is 426 g/mol. The first kappa shape index (κ1) is 23.5. The van der Waals surface area contributed by atoms with Gasteiger partial charge >= 0.3 is 5.97 Å². The second kappa shape index (κ2) is 8.92. The summed E-state index contributed by atoms with van der Waals surface area (Å²) in [7, 11) is 1.37. The maximum Gasteiger partial charge on any atom is 0.350 e. The number of aliphatic hydroxyl groups is 1. The van der Waals surface area contributed by atoms with Gasteiger partial charge in [-0.15, -0.1) is 11.3 Å². The van der Waals surface area contributed by atoms with Crippen LogP contribution in [0, 0.1) is 5.92 Å². The number of carbonyl (C=O) groups excluding carboxylic acids is 2. The van der Waals surface area contributed by atoms with Crippen LogP contribution in [0.4, 0.5) is 5.69 Å². The van der Waals surface area contributed by atoms with Crippen LogP contribution in [0.1, 0.15) is 80.3 Å². The van der Waals surface area contributed by atoms with E-state index in [2.05, 4.69) is 13.0 Å². The molecule has 2 aliphatic carbocycles. The van der Waals surface area contributed by atoms with Crippen molar-refractivity contribution in [2.24, 2.45) is 5.92 Å². The molecule has 1 spiro atoms. The molecule has 3 aliphatic rings. The van der Waals surface area contributed by atoms with E-state index in [1.54, 1.807) is 0 Å². The van der Waals surface area contributed by atoms with Crippen LogP contribution in [0.2, 0.25) is 0 Å². The van der Waals surface area contributed by atoms with Crippen molar-refractivity contribution in [1.82, 2.24) is 0 Å². The van der Waals surface area contributed by atoms with Crippen LogP contribution in [0.5, 0.6) is 0 Å². The fourth-order valence-electron chi connectivity index (χ4n) is 4.87. The largest absolute Gasteiger partial charge is 0.465 e. The Labute approximate surface area is 194 Å². The average molecular weight is 462 g/mol. The molecule has 176 valence electrons. The number of carbonyl (C=O) groups is 2. The van der Waals surface area contributed by atoms with E-state index >= 15 is 0 Å². The first-order valence-electron chi connectivity index (χ1n) is 11.7. The minimum absolute atomic E-state index is 0.0276. The Morgan fingerprint density at radius 3 is 2.53 bits per heavy atom. The zero-order chi connectivity index (χ0) is 23.1. The molecule has 1 amide bonds. The van der Waals surface area contributed by atoms with Crippen molar-refractivity contribution in [3.05, 3.63) is 27.5 Å². The summed E-state index contributed by atoms with van der Waals surface area (Å²) in [5.41, 5.74) is 1.50. The topological polar surface area (TPSA) is 79.4 Å². The molecule has 32 heavy (non-hydrogen) atoms. The Bertz CT molecular complexity index is 903. The second-order valence-electron chi connectivity index (χ2n) is 10.3. The molecule has 1 atom stereocenters. The predicted octanol–water partition coefficient (Wildman–Crippen LogP) is 4.60. The van der Waals surface area contributed by atoms with E-state index in [9.17, 15) is 14.7 Å². The number of thiophene rings is 1. The lowest BCUT2D eigenvalue weighted by atomic mass is 9.83. The third kappa shape index (κ3) is 4.52. The number of methoxy groups -OCH3 is 1. The number of epoxide rings is 1. The van der Waals surface area contributed by atoms with Gasteiger partial charge in [0, 0.05) is 22.3 Å². The number of rotatable bonds is 6. The van der Waals surface area contributed by atoms with Crippen molar-refractivity contribution >= 4 is 28.9 Å². The van der Waals surface area contributed by atoms with Crippen molar-refractivity contribution in [2.75, 3.05) is 25.2 Å². The van der Waals surface area contributed by atoms with Gasteiger partial charge in [0.2, 0.25) is 5.91 Å². The van der Waals surface area contributed by atoms with Crippen LogP contribution in [-0.4, -0.2) is 48.9 Å². The molecule has 2 heterocycles. The fraction of sp³-hybridized carbons (Fsp3) is 0.680. The van der Waals surface area contributed by atoms with Crippen LogP contribution in [0.3, 0.4) is 0 Å². The van der Waals surface area contributed by atoms with Gasteiger partial charge in [0.1, 0.15) is 4.88 Å². The van der Waals surface area contributed by atoms with Crippen LogP contribution in [0.15, 0.2) is 17.7 Å². The highest BCUT2D eigenvalue weighted by atomic mass is 32.1. The number of hydrogen-bond acceptors (Lipinski definition) is 6. The molecule has 1 aromatic rings. The van der Waals surface area contributed by atoms with Gasteiger partial charge in [-0.05, 0) is 57.9 Å². The molecule has 1 N–H and O–H groups in total. The number of amides is 1. The highest BCUT2D eigenvalue weighted by Gasteiger charge is 2.49. The third-order valence-corrected chi connectivity index (χ3v) is 8.88. The van der Waals surface area contributed by atoms with Crippen molar-refractivity contribution < 1.29 is 24.2 Å². The Hall–Kier alpha value is -1.70. The molecule has 1 saturated heterocycles. The summed E-state index contributed by atoms with van der Waals surface area (Å²) in [6, 6.07) is 1.97.